The number of rotatable bonds is 6. The number of aromatic nitrogens is 2. The van der Waals surface area contributed by atoms with E-state index in [4.69, 9.17) is 9.57 Å². The van der Waals surface area contributed by atoms with Gasteiger partial charge in [0.05, 0.1) is 6.20 Å². The Kier molecular flexibility index (Phi) is 5.31. The van der Waals surface area contributed by atoms with Crippen LogP contribution in [0.3, 0.4) is 0 Å². The molecule has 3 rings (SSSR count). The maximum Gasteiger partial charge on any atom is 0.419 e. The standard InChI is InChI=1S/C19H19N3O3/c1-21(17-5-3-2-4-6-17)19(23)25-18-9-7-16(8-10-18)11-14-24-22-13-12-20-15-22/h2-10,12-13,15H,11,14H2,1H3. The summed E-state index contributed by atoms with van der Waals surface area (Å²) in [6, 6.07) is 16.8. The van der Waals surface area contributed by atoms with Crippen LogP contribution in [0.5, 0.6) is 5.75 Å². The van der Waals surface area contributed by atoms with E-state index in [-0.39, 0.29) is 0 Å². The smallest absolute Gasteiger partial charge is 0.413 e. The fourth-order valence-corrected chi connectivity index (χ4v) is 2.24. The normalized spacial score (nSPS) is 10.3. The van der Waals surface area contributed by atoms with Crippen LogP contribution in [0.15, 0.2) is 73.3 Å². The highest BCUT2D eigenvalue weighted by molar-refractivity contribution is 5.88. The van der Waals surface area contributed by atoms with Crippen LogP contribution >= 0.6 is 0 Å². The van der Waals surface area contributed by atoms with Crippen molar-refractivity contribution in [3.05, 3.63) is 78.9 Å². The van der Waals surface area contributed by atoms with Crippen LogP contribution in [-0.2, 0) is 6.42 Å². The van der Waals surface area contributed by atoms with Gasteiger partial charge in [-0.2, -0.15) is 4.73 Å². The van der Waals surface area contributed by atoms with Gasteiger partial charge >= 0.3 is 6.09 Å². The molecule has 128 valence electrons. The second-order valence-corrected chi connectivity index (χ2v) is 5.41. The van der Waals surface area contributed by atoms with E-state index < -0.39 is 6.09 Å². The van der Waals surface area contributed by atoms with Crippen LogP contribution < -0.4 is 14.5 Å². The van der Waals surface area contributed by atoms with Crippen molar-refractivity contribution in [2.24, 2.45) is 0 Å². The van der Waals surface area contributed by atoms with Crippen LogP contribution in [0.2, 0.25) is 0 Å². The molecule has 25 heavy (non-hydrogen) atoms. The van der Waals surface area contributed by atoms with E-state index in [2.05, 4.69) is 4.98 Å². The number of anilines is 1. The second-order valence-electron chi connectivity index (χ2n) is 5.41. The van der Waals surface area contributed by atoms with E-state index in [1.165, 1.54) is 4.90 Å². The number of imidazole rings is 1. The molecule has 0 unspecified atom stereocenters. The molecule has 0 saturated heterocycles. The van der Waals surface area contributed by atoms with E-state index >= 15 is 0 Å². The predicted octanol–water partition coefficient (Wildman–Crippen LogP) is 3.19. The Balaban J connectivity index is 1.51. The summed E-state index contributed by atoms with van der Waals surface area (Å²) in [4.78, 5) is 23.0. The van der Waals surface area contributed by atoms with Crippen molar-refractivity contribution in [2.75, 3.05) is 18.6 Å². The minimum absolute atomic E-state index is 0.428. The Morgan fingerprint density at radius 1 is 1.12 bits per heavy atom. The Bertz CT molecular complexity index is 787. The van der Waals surface area contributed by atoms with E-state index in [9.17, 15) is 4.79 Å². The second kappa shape index (κ2) is 8.01. The first-order valence-electron chi connectivity index (χ1n) is 7.93. The molecule has 6 nitrogen and oxygen atoms in total. The quantitative estimate of drug-likeness (QED) is 0.693. The summed E-state index contributed by atoms with van der Waals surface area (Å²) in [6.45, 7) is 0.534. The van der Waals surface area contributed by atoms with Crippen molar-refractivity contribution in [1.29, 1.82) is 0 Å². The van der Waals surface area contributed by atoms with Crippen molar-refractivity contribution in [1.82, 2.24) is 9.71 Å². The topological polar surface area (TPSA) is 56.6 Å². The third kappa shape index (κ3) is 4.60. The number of carbonyl (C=O) groups is 1. The fraction of sp³-hybridized carbons (Fsp3) is 0.158. The number of hydrogen-bond donors (Lipinski definition) is 0. The largest absolute Gasteiger partial charge is 0.419 e. The molecule has 3 aromatic rings. The molecule has 1 heterocycles. The molecule has 2 aromatic carbocycles. The minimum atomic E-state index is -0.428. The third-order valence-corrected chi connectivity index (χ3v) is 3.66. The first-order chi connectivity index (χ1) is 12.2. The zero-order valence-corrected chi connectivity index (χ0v) is 13.9. The number of carbonyl (C=O) groups excluding carboxylic acids is 1. The highest BCUT2D eigenvalue weighted by Gasteiger charge is 2.12. The van der Waals surface area contributed by atoms with Crippen LogP contribution in [0.1, 0.15) is 5.56 Å². The van der Waals surface area contributed by atoms with Gasteiger partial charge in [-0.3, -0.25) is 4.90 Å². The van der Waals surface area contributed by atoms with Crippen molar-refractivity contribution in [3.8, 4) is 5.75 Å². The highest BCUT2D eigenvalue weighted by atomic mass is 16.7. The number of hydrogen-bond acceptors (Lipinski definition) is 4. The van der Waals surface area contributed by atoms with Crippen molar-refractivity contribution in [3.63, 3.8) is 0 Å². The SMILES string of the molecule is CN(C(=O)Oc1ccc(CCOn2ccnc2)cc1)c1ccccc1. The number of nitrogens with zero attached hydrogens (tertiary/aromatic N) is 3. The molecule has 0 bridgehead atoms. The van der Waals surface area contributed by atoms with Crippen molar-refractivity contribution in [2.45, 2.75) is 6.42 Å². The molecule has 0 aliphatic heterocycles. The first kappa shape index (κ1) is 16.6. The minimum Gasteiger partial charge on any atom is -0.413 e. The van der Waals surface area contributed by atoms with Crippen LogP contribution in [0.25, 0.3) is 0 Å². The summed E-state index contributed by atoms with van der Waals surface area (Å²) in [5.74, 6) is 0.507. The molecule has 0 aliphatic rings. The molecule has 1 amide bonds. The summed E-state index contributed by atoms with van der Waals surface area (Å²) in [7, 11) is 1.68. The molecule has 6 heteroatoms. The first-order valence-corrected chi connectivity index (χ1v) is 7.93. The number of amides is 1. The fourth-order valence-electron chi connectivity index (χ4n) is 2.24. The molecule has 0 aliphatic carbocycles. The maximum atomic E-state index is 12.2. The number of para-hydroxylation sites is 1. The Hall–Kier alpha value is -3.28. The van der Waals surface area contributed by atoms with Gasteiger partial charge in [-0.25, -0.2) is 9.78 Å². The van der Waals surface area contributed by atoms with Gasteiger partial charge in [-0.1, -0.05) is 30.3 Å². The van der Waals surface area contributed by atoms with Crippen molar-refractivity contribution >= 4 is 11.8 Å². The summed E-state index contributed by atoms with van der Waals surface area (Å²) in [6.07, 6.45) is 5.33. The van der Waals surface area contributed by atoms with E-state index in [0.29, 0.717) is 12.4 Å². The van der Waals surface area contributed by atoms with Gasteiger partial charge in [0.1, 0.15) is 18.7 Å². The molecular formula is C19H19N3O3. The Morgan fingerprint density at radius 2 is 1.88 bits per heavy atom. The predicted molar refractivity (Wildman–Crippen MR) is 94.7 cm³/mol. The van der Waals surface area contributed by atoms with Gasteiger partial charge in [0.15, 0.2) is 0 Å². The van der Waals surface area contributed by atoms with Gasteiger partial charge in [-0.15, -0.1) is 0 Å². The molecule has 1 aromatic heterocycles. The number of ether oxygens (including phenoxy) is 1. The zero-order valence-electron chi connectivity index (χ0n) is 13.9. The molecule has 0 N–H and O–H groups in total. The molecule has 0 fully saturated rings. The molecule has 0 spiro atoms. The average molecular weight is 337 g/mol. The van der Waals surface area contributed by atoms with Crippen molar-refractivity contribution < 1.29 is 14.4 Å². The summed E-state index contributed by atoms with van der Waals surface area (Å²) in [5, 5.41) is 0. The lowest BCUT2D eigenvalue weighted by Gasteiger charge is -2.16. The summed E-state index contributed by atoms with van der Waals surface area (Å²) in [5.41, 5.74) is 1.87. The van der Waals surface area contributed by atoms with Gasteiger partial charge in [0.2, 0.25) is 0 Å². The molecule has 0 radical (unpaired) electrons. The lowest BCUT2D eigenvalue weighted by Crippen LogP contribution is -2.29. The zero-order chi connectivity index (χ0) is 17.5. The molecule has 0 saturated carbocycles. The van der Waals surface area contributed by atoms with Crippen LogP contribution in [0, 0.1) is 0 Å². The molecule has 0 atom stereocenters. The average Bonchev–Trinajstić information content (AvgIpc) is 3.17. The van der Waals surface area contributed by atoms with Gasteiger partial charge < -0.3 is 9.57 Å². The van der Waals surface area contributed by atoms with Crippen LogP contribution in [0.4, 0.5) is 10.5 Å². The number of benzene rings is 2. The van der Waals surface area contributed by atoms with Gasteiger partial charge in [0.25, 0.3) is 0 Å². The summed E-state index contributed by atoms with van der Waals surface area (Å²) < 4.78 is 6.96. The summed E-state index contributed by atoms with van der Waals surface area (Å²) >= 11 is 0. The van der Waals surface area contributed by atoms with E-state index in [1.807, 2.05) is 42.5 Å². The van der Waals surface area contributed by atoms with Crippen LogP contribution in [-0.4, -0.2) is 29.5 Å². The Labute approximate surface area is 146 Å². The molecular weight excluding hydrogens is 318 g/mol. The van der Waals surface area contributed by atoms with E-state index in [0.717, 1.165) is 17.7 Å². The Morgan fingerprint density at radius 3 is 2.56 bits per heavy atom. The van der Waals surface area contributed by atoms with Gasteiger partial charge in [-0.05, 0) is 29.8 Å². The lowest BCUT2D eigenvalue weighted by atomic mass is 10.1. The highest BCUT2D eigenvalue weighted by Crippen LogP contribution is 2.16. The van der Waals surface area contributed by atoms with Gasteiger partial charge in [0, 0.05) is 25.4 Å². The van der Waals surface area contributed by atoms with E-state index in [1.54, 1.807) is 42.6 Å². The monoisotopic (exact) mass is 337 g/mol. The third-order valence-electron chi connectivity index (χ3n) is 3.66. The lowest BCUT2D eigenvalue weighted by molar-refractivity contribution is 0.112. The maximum absolute atomic E-state index is 12.2.